The third kappa shape index (κ3) is 2.17. The molecule has 18 heavy (non-hydrogen) atoms. The standard InChI is InChI=1S/C10H16O7S/c1-10(2)15-8-7-6(14-9(8)16-10)5(4-13-7)17-18(3,11)12/h5-9H,4H2,1-3H3/t5-,6-,7+,8-,9-/m1/s1. The van der Waals surface area contributed by atoms with Crippen LogP contribution in [0.3, 0.4) is 0 Å². The van der Waals surface area contributed by atoms with Crippen molar-refractivity contribution in [3.63, 3.8) is 0 Å². The molecule has 5 atom stereocenters. The van der Waals surface area contributed by atoms with Crippen LogP contribution in [0.15, 0.2) is 0 Å². The summed E-state index contributed by atoms with van der Waals surface area (Å²) in [6, 6.07) is 0. The van der Waals surface area contributed by atoms with Gasteiger partial charge in [-0.15, -0.1) is 0 Å². The van der Waals surface area contributed by atoms with Crippen LogP contribution in [0.2, 0.25) is 0 Å². The van der Waals surface area contributed by atoms with Gasteiger partial charge in [0, 0.05) is 0 Å². The summed E-state index contributed by atoms with van der Waals surface area (Å²) in [6.07, 6.45) is -1.30. The molecule has 0 aliphatic carbocycles. The van der Waals surface area contributed by atoms with E-state index in [0.717, 1.165) is 6.26 Å². The lowest BCUT2D eigenvalue weighted by atomic mass is 10.1. The zero-order valence-corrected chi connectivity index (χ0v) is 11.2. The Hall–Kier alpha value is -0.250. The number of hydrogen-bond acceptors (Lipinski definition) is 7. The second-order valence-corrected chi connectivity index (χ2v) is 6.81. The third-order valence-corrected chi connectivity index (χ3v) is 3.74. The molecule has 0 saturated carbocycles. The molecule has 3 fully saturated rings. The predicted octanol–water partition coefficient (Wildman–Crippen LogP) is -0.394. The largest absolute Gasteiger partial charge is 0.370 e. The van der Waals surface area contributed by atoms with E-state index in [4.69, 9.17) is 23.1 Å². The molecule has 0 aromatic rings. The van der Waals surface area contributed by atoms with Crippen molar-refractivity contribution >= 4 is 10.1 Å². The van der Waals surface area contributed by atoms with Crippen LogP contribution in [0.5, 0.6) is 0 Å². The van der Waals surface area contributed by atoms with Crippen LogP contribution in [0.25, 0.3) is 0 Å². The van der Waals surface area contributed by atoms with Crippen molar-refractivity contribution in [2.45, 2.75) is 50.3 Å². The second-order valence-electron chi connectivity index (χ2n) is 5.21. The monoisotopic (exact) mass is 280 g/mol. The summed E-state index contributed by atoms with van der Waals surface area (Å²) in [5.41, 5.74) is 0. The number of ether oxygens (including phenoxy) is 4. The smallest absolute Gasteiger partial charge is 0.264 e. The van der Waals surface area contributed by atoms with Gasteiger partial charge in [-0.1, -0.05) is 0 Å². The molecule has 104 valence electrons. The average Bonchev–Trinajstić information content (AvgIpc) is 2.74. The van der Waals surface area contributed by atoms with Gasteiger partial charge in [0.1, 0.15) is 24.4 Å². The molecule has 0 aromatic heterocycles. The van der Waals surface area contributed by atoms with Crippen molar-refractivity contribution in [2.75, 3.05) is 12.9 Å². The van der Waals surface area contributed by atoms with Gasteiger partial charge in [-0.25, -0.2) is 0 Å². The second kappa shape index (κ2) is 3.87. The normalized spacial score (nSPS) is 46.1. The van der Waals surface area contributed by atoms with Gasteiger partial charge in [0.2, 0.25) is 0 Å². The molecule has 8 heteroatoms. The first kappa shape index (κ1) is 12.8. The molecule has 0 spiro atoms. The Morgan fingerprint density at radius 1 is 1.17 bits per heavy atom. The van der Waals surface area contributed by atoms with Crippen LogP contribution in [-0.4, -0.2) is 57.8 Å². The molecule has 3 aliphatic rings. The molecule has 3 saturated heterocycles. The van der Waals surface area contributed by atoms with Crippen LogP contribution in [-0.2, 0) is 33.2 Å². The summed E-state index contributed by atoms with van der Waals surface area (Å²) in [6.45, 7) is 3.77. The lowest BCUT2D eigenvalue weighted by Gasteiger charge is -2.22. The molecular formula is C10H16O7S. The first-order valence-corrected chi connectivity index (χ1v) is 7.58. The van der Waals surface area contributed by atoms with Crippen LogP contribution in [0.1, 0.15) is 13.8 Å². The van der Waals surface area contributed by atoms with E-state index in [0.29, 0.717) is 0 Å². The summed E-state index contributed by atoms with van der Waals surface area (Å²) in [7, 11) is -3.53. The molecule has 3 rings (SSSR count). The molecule has 0 bridgehead atoms. The van der Waals surface area contributed by atoms with Crippen LogP contribution < -0.4 is 0 Å². The van der Waals surface area contributed by atoms with E-state index in [-0.39, 0.29) is 18.8 Å². The van der Waals surface area contributed by atoms with Crippen LogP contribution >= 0.6 is 0 Å². The van der Waals surface area contributed by atoms with E-state index in [1.165, 1.54) is 0 Å². The molecule has 0 N–H and O–H groups in total. The maximum atomic E-state index is 11.1. The zero-order valence-electron chi connectivity index (χ0n) is 10.4. The van der Waals surface area contributed by atoms with Gasteiger partial charge >= 0.3 is 0 Å². The van der Waals surface area contributed by atoms with Gasteiger partial charge in [-0.05, 0) is 13.8 Å². The molecule has 0 aromatic carbocycles. The van der Waals surface area contributed by atoms with E-state index in [1.54, 1.807) is 13.8 Å². The SMILES string of the molecule is CC1(C)O[C@H]2O[C@H]3[C@H](OC[C@H]3OS(C)(=O)=O)[C@H]2O1. The lowest BCUT2D eigenvalue weighted by Crippen LogP contribution is -2.36. The van der Waals surface area contributed by atoms with Crippen molar-refractivity contribution in [3.8, 4) is 0 Å². The Morgan fingerprint density at radius 2 is 1.89 bits per heavy atom. The fourth-order valence-electron chi connectivity index (χ4n) is 2.60. The Kier molecular flexibility index (Phi) is 2.75. The van der Waals surface area contributed by atoms with Crippen molar-refractivity contribution in [2.24, 2.45) is 0 Å². The van der Waals surface area contributed by atoms with Gasteiger partial charge in [0.05, 0.1) is 12.9 Å². The lowest BCUT2D eigenvalue weighted by molar-refractivity contribution is -0.213. The highest BCUT2D eigenvalue weighted by molar-refractivity contribution is 7.86. The first-order valence-electron chi connectivity index (χ1n) is 5.76. The number of rotatable bonds is 2. The van der Waals surface area contributed by atoms with E-state index >= 15 is 0 Å². The number of hydrogen-bond donors (Lipinski definition) is 0. The van der Waals surface area contributed by atoms with Crippen LogP contribution in [0.4, 0.5) is 0 Å². The van der Waals surface area contributed by atoms with Crippen LogP contribution in [0, 0.1) is 0 Å². The third-order valence-electron chi connectivity index (χ3n) is 3.14. The zero-order chi connectivity index (χ0) is 13.1. The Morgan fingerprint density at radius 3 is 2.56 bits per heavy atom. The quantitative estimate of drug-likeness (QED) is 0.637. The van der Waals surface area contributed by atoms with Gasteiger partial charge < -0.3 is 18.9 Å². The van der Waals surface area contributed by atoms with Gasteiger partial charge in [0.15, 0.2) is 12.1 Å². The molecule has 3 heterocycles. The van der Waals surface area contributed by atoms with Crippen molar-refractivity contribution < 1.29 is 31.5 Å². The molecule has 7 nitrogen and oxygen atoms in total. The fraction of sp³-hybridized carbons (Fsp3) is 1.00. The summed E-state index contributed by atoms with van der Waals surface area (Å²) in [5.74, 6) is -0.709. The molecule has 0 radical (unpaired) electrons. The predicted molar refractivity (Wildman–Crippen MR) is 58.2 cm³/mol. The first-order chi connectivity index (χ1) is 8.25. The molecule has 0 amide bonds. The summed E-state index contributed by atoms with van der Waals surface area (Å²) in [5, 5.41) is 0. The maximum absolute atomic E-state index is 11.1. The summed E-state index contributed by atoms with van der Waals surface area (Å²) >= 11 is 0. The average molecular weight is 280 g/mol. The highest BCUT2D eigenvalue weighted by Crippen LogP contribution is 2.42. The Bertz CT molecular complexity index is 445. The summed E-state index contributed by atoms with van der Waals surface area (Å²) < 4.78 is 49.6. The Balaban J connectivity index is 1.72. The van der Waals surface area contributed by atoms with Gasteiger partial charge in [0.25, 0.3) is 10.1 Å². The molecule has 0 unspecified atom stereocenters. The minimum atomic E-state index is -3.53. The van der Waals surface area contributed by atoms with Gasteiger partial charge in [-0.3, -0.25) is 4.18 Å². The highest BCUT2D eigenvalue weighted by atomic mass is 32.2. The van der Waals surface area contributed by atoms with Gasteiger partial charge in [-0.2, -0.15) is 8.42 Å². The maximum Gasteiger partial charge on any atom is 0.264 e. The Labute approximate surface area is 105 Å². The van der Waals surface area contributed by atoms with E-state index < -0.39 is 34.4 Å². The van der Waals surface area contributed by atoms with Crippen molar-refractivity contribution in [3.05, 3.63) is 0 Å². The van der Waals surface area contributed by atoms with E-state index in [9.17, 15) is 8.42 Å². The number of fused-ring (bicyclic) bond motifs is 3. The fourth-order valence-corrected chi connectivity index (χ4v) is 3.22. The van der Waals surface area contributed by atoms with E-state index in [2.05, 4.69) is 0 Å². The van der Waals surface area contributed by atoms with E-state index in [1.807, 2.05) is 0 Å². The van der Waals surface area contributed by atoms with Crippen molar-refractivity contribution in [1.82, 2.24) is 0 Å². The topological polar surface area (TPSA) is 80.3 Å². The highest BCUT2D eigenvalue weighted by Gasteiger charge is 2.60. The van der Waals surface area contributed by atoms with Crippen molar-refractivity contribution in [1.29, 1.82) is 0 Å². The minimum Gasteiger partial charge on any atom is -0.370 e. The summed E-state index contributed by atoms with van der Waals surface area (Å²) in [4.78, 5) is 0. The molecule has 3 aliphatic heterocycles. The minimum absolute atomic E-state index is 0.176. The molecular weight excluding hydrogens is 264 g/mol.